The molecule has 36 heavy (non-hydrogen) atoms. The number of fused-ring (bicyclic) bond motifs is 2. The van der Waals surface area contributed by atoms with Gasteiger partial charge >= 0.3 is 7.75 Å². The van der Waals surface area contributed by atoms with Crippen LogP contribution in [0.1, 0.15) is 6.92 Å². The molecule has 0 radical (unpaired) electrons. The number of hydrogen-bond donors (Lipinski definition) is 4. The van der Waals surface area contributed by atoms with Gasteiger partial charge in [-0.3, -0.25) is 23.7 Å². The largest absolute Gasteiger partial charge is 0.459 e. The normalized spacial score (nSPS) is 14.1. The highest BCUT2D eigenvalue weighted by molar-refractivity contribution is 7.52. The molecule has 0 aliphatic carbocycles. The summed E-state index contributed by atoms with van der Waals surface area (Å²) in [6, 6.07) is 11.6. The third-order valence-electron chi connectivity index (χ3n) is 5.17. The number of ether oxygens (including phenoxy) is 1. The van der Waals surface area contributed by atoms with Crippen LogP contribution < -0.4 is 20.9 Å². The molecule has 4 rings (SSSR count). The van der Waals surface area contributed by atoms with Gasteiger partial charge < -0.3 is 20.1 Å². The van der Waals surface area contributed by atoms with Crippen LogP contribution in [0.5, 0.6) is 5.75 Å². The van der Waals surface area contributed by atoms with Gasteiger partial charge in [0, 0.05) is 5.39 Å². The van der Waals surface area contributed by atoms with Crippen LogP contribution in [0.3, 0.4) is 0 Å². The van der Waals surface area contributed by atoms with Crippen molar-refractivity contribution in [1.82, 2.24) is 24.6 Å². The molecule has 13 nitrogen and oxygen atoms in total. The lowest BCUT2D eigenvalue weighted by atomic mass is 10.1. The molecule has 0 aliphatic heterocycles. The van der Waals surface area contributed by atoms with Crippen LogP contribution in [0, 0.1) is 0 Å². The number of carbonyl (C=O) groups is 1. The third-order valence-corrected chi connectivity index (χ3v) is 6.83. The fraction of sp³-hybridized carbons (Fsp3) is 0.273. The molecule has 0 saturated carbocycles. The number of H-pyrrole nitrogens is 1. The smallest absolute Gasteiger partial charge is 0.413 e. The minimum Gasteiger partial charge on any atom is -0.413 e. The summed E-state index contributed by atoms with van der Waals surface area (Å²) in [6.45, 7) is 0.494. The van der Waals surface area contributed by atoms with E-state index in [0.717, 1.165) is 5.39 Å². The summed E-state index contributed by atoms with van der Waals surface area (Å²) in [5.74, 6) is -0.334. The number of rotatable bonds is 12. The lowest BCUT2D eigenvalue weighted by molar-refractivity contribution is -0.123. The predicted molar refractivity (Wildman–Crippen MR) is 131 cm³/mol. The Morgan fingerprint density at radius 3 is 2.83 bits per heavy atom. The number of nitrogens with two attached hydrogens (primary N) is 1. The Labute approximate surface area is 204 Å². The summed E-state index contributed by atoms with van der Waals surface area (Å²) in [6.07, 6.45) is 1.38. The Morgan fingerprint density at radius 2 is 2.03 bits per heavy atom. The number of nitrogens with zero attached hydrogens (tertiary/aromatic N) is 3. The fourth-order valence-corrected chi connectivity index (χ4v) is 4.92. The topological polar surface area (TPSA) is 184 Å². The minimum atomic E-state index is -4.08. The molecule has 4 aromatic rings. The number of nitrogen functional groups attached to an aromatic ring is 1. The number of aliphatic hydroxyl groups excluding tert-OH is 1. The van der Waals surface area contributed by atoms with E-state index in [1.807, 2.05) is 30.3 Å². The van der Waals surface area contributed by atoms with Crippen LogP contribution in [-0.4, -0.2) is 56.3 Å². The van der Waals surface area contributed by atoms with Crippen LogP contribution in [0.25, 0.3) is 21.9 Å². The van der Waals surface area contributed by atoms with Gasteiger partial charge in [0.05, 0.1) is 25.6 Å². The molecule has 2 heterocycles. The van der Waals surface area contributed by atoms with Crippen molar-refractivity contribution in [3.8, 4) is 5.75 Å². The molecule has 2 aromatic heterocycles. The lowest BCUT2D eigenvalue weighted by Crippen LogP contribution is -2.35. The van der Waals surface area contributed by atoms with Gasteiger partial charge in [0.2, 0.25) is 5.95 Å². The number of anilines is 1. The summed E-state index contributed by atoms with van der Waals surface area (Å²) in [5.41, 5.74) is 5.48. The minimum absolute atomic E-state index is 0.0226. The Hall–Kier alpha value is -3.61. The van der Waals surface area contributed by atoms with E-state index in [-0.39, 0.29) is 37.1 Å². The highest BCUT2D eigenvalue weighted by Crippen LogP contribution is 2.46. The summed E-state index contributed by atoms with van der Waals surface area (Å²) in [4.78, 5) is 34.2. The molecule has 190 valence electrons. The Kier molecular flexibility index (Phi) is 7.77. The van der Waals surface area contributed by atoms with Gasteiger partial charge in [0.15, 0.2) is 16.9 Å². The van der Waals surface area contributed by atoms with Crippen molar-refractivity contribution in [3.05, 3.63) is 59.1 Å². The summed E-state index contributed by atoms with van der Waals surface area (Å²) in [7, 11) is -4.08. The first kappa shape index (κ1) is 25.5. The summed E-state index contributed by atoms with van der Waals surface area (Å²) in [5, 5.41) is 13.3. The van der Waals surface area contributed by atoms with Gasteiger partial charge in [-0.1, -0.05) is 36.4 Å². The Bertz CT molecular complexity index is 1480. The molecule has 0 saturated heterocycles. The van der Waals surface area contributed by atoms with Crippen molar-refractivity contribution in [2.45, 2.75) is 19.7 Å². The van der Waals surface area contributed by atoms with Crippen molar-refractivity contribution >= 4 is 41.4 Å². The maximum atomic E-state index is 13.6. The van der Waals surface area contributed by atoms with Crippen molar-refractivity contribution in [3.63, 3.8) is 0 Å². The van der Waals surface area contributed by atoms with E-state index in [4.69, 9.17) is 24.6 Å². The Balaban J connectivity index is 1.43. The molecule has 0 fully saturated rings. The van der Waals surface area contributed by atoms with E-state index in [1.165, 1.54) is 17.8 Å². The molecule has 1 unspecified atom stereocenters. The van der Waals surface area contributed by atoms with Gasteiger partial charge in [-0.05, 0) is 18.4 Å². The quantitative estimate of drug-likeness (QED) is 0.158. The first-order valence-corrected chi connectivity index (χ1v) is 12.5. The van der Waals surface area contributed by atoms with Crippen LogP contribution in [0.4, 0.5) is 5.95 Å². The number of imidazole rings is 1. The highest BCUT2D eigenvalue weighted by Gasteiger charge is 2.31. The maximum absolute atomic E-state index is 13.6. The number of carbonyl (C=O) groups excluding carboxylic acids is 1. The van der Waals surface area contributed by atoms with E-state index in [1.54, 1.807) is 12.1 Å². The second-order valence-electron chi connectivity index (χ2n) is 7.75. The molecule has 2 atom stereocenters. The first-order chi connectivity index (χ1) is 17.3. The van der Waals surface area contributed by atoms with E-state index in [9.17, 15) is 14.2 Å². The number of hydrogen-bond acceptors (Lipinski definition) is 10. The van der Waals surface area contributed by atoms with Crippen molar-refractivity contribution in [2.24, 2.45) is 0 Å². The van der Waals surface area contributed by atoms with Crippen LogP contribution in [0.15, 0.2) is 53.6 Å². The molecule has 0 amide bonds. The molecule has 14 heteroatoms. The van der Waals surface area contributed by atoms with Crippen molar-refractivity contribution in [2.75, 3.05) is 25.6 Å². The van der Waals surface area contributed by atoms with E-state index in [0.29, 0.717) is 11.1 Å². The third kappa shape index (κ3) is 5.78. The molecule has 0 spiro atoms. The van der Waals surface area contributed by atoms with Gasteiger partial charge in [0.1, 0.15) is 19.1 Å². The number of Topliss-reactive ketones (excluding diaryl/α,β-unsaturated/α-hetero) is 1. The first-order valence-electron chi connectivity index (χ1n) is 10.9. The second kappa shape index (κ2) is 11.0. The van der Waals surface area contributed by atoms with Crippen LogP contribution in [-0.2, 0) is 25.4 Å². The number of aliphatic hydroxyl groups is 1. The van der Waals surface area contributed by atoms with Crippen molar-refractivity contribution in [1.29, 1.82) is 0 Å². The fourth-order valence-electron chi connectivity index (χ4n) is 3.39. The van der Waals surface area contributed by atoms with E-state index < -0.39 is 31.7 Å². The number of nitrogens with one attached hydrogen (secondary N) is 2. The van der Waals surface area contributed by atoms with Gasteiger partial charge in [0.25, 0.3) is 5.56 Å². The number of benzene rings is 2. The number of ketones is 1. The molecule has 2 aromatic carbocycles. The second-order valence-corrected chi connectivity index (χ2v) is 9.44. The number of aromatic nitrogens is 4. The standard InChI is InChI=1S/C22H25N6O7P/c1-14(17(30)11-29)27-36(32,35-18-8-4-6-15-5-2-3-7-16(15)18)34-10-9-33-13-28-12-24-19-20(28)25-22(23)26-21(19)31/h2-8,12,14,29H,9-11,13H2,1H3,(H,27,32)(H3,23,25,26,31)/t14-,36?/m0/s1. The zero-order chi connectivity index (χ0) is 25.7. The molecule has 5 N–H and O–H groups in total. The van der Waals surface area contributed by atoms with E-state index in [2.05, 4.69) is 20.0 Å². The molecule has 0 aliphatic rings. The zero-order valence-electron chi connectivity index (χ0n) is 19.3. The number of aromatic amines is 1. The maximum Gasteiger partial charge on any atom is 0.459 e. The monoisotopic (exact) mass is 516 g/mol. The zero-order valence-corrected chi connectivity index (χ0v) is 20.2. The summed E-state index contributed by atoms with van der Waals surface area (Å²) >= 11 is 0. The highest BCUT2D eigenvalue weighted by atomic mass is 31.2. The molecular formula is C22H25N6O7P. The Morgan fingerprint density at radius 1 is 1.25 bits per heavy atom. The van der Waals surface area contributed by atoms with Crippen LogP contribution >= 0.6 is 7.75 Å². The lowest BCUT2D eigenvalue weighted by Gasteiger charge is -2.23. The SMILES string of the molecule is C[C@H](NP(=O)(OCCOCn1cnc2c(=O)[nH]c(N)nc21)Oc1cccc2ccccc12)C(=O)CO. The van der Waals surface area contributed by atoms with Gasteiger partial charge in [-0.15, -0.1) is 0 Å². The summed E-state index contributed by atoms with van der Waals surface area (Å²) < 4.78 is 31.9. The molecule has 0 bridgehead atoms. The predicted octanol–water partition coefficient (Wildman–Crippen LogP) is 1.57. The van der Waals surface area contributed by atoms with E-state index >= 15 is 0 Å². The van der Waals surface area contributed by atoms with Gasteiger partial charge in [-0.2, -0.15) is 4.98 Å². The van der Waals surface area contributed by atoms with Crippen molar-refractivity contribution < 1.29 is 28.3 Å². The molecular weight excluding hydrogens is 491 g/mol. The average molecular weight is 516 g/mol. The average Bonchev–Trinajstić information content (AvgIpc) is 3.26. The van der Waals surface area contributed by atoms with Crippen LogP contribution in [0.2, 0.25) is 0 Å². The van der Waals surface area contributed by atoms with Gasteiger partial charge in [-0.25, -0.2) is 14.6 Å².